The molecular formula is C18H22F2N4O2. The van der Waals surface area contributed by atoms with Crippen molar-refractivity contribution in [2.75, 3.05) is 21.2 Å². The SMILES string of the molecule is CN=C(NCc1ccnc(OC)c1)N(C)Cc1ccc(OC(F)F)cc1. The molecule has 1 heterocycles. The normalized spacial score (nSPS) is 11.4. The Morgan fingerprint density at radius 2 is 1.96 bits per heavy atom. The molecule has 2 rings (SSSR count). The fourth-order valence-electron chi connectivity index (χ4n) is 2.36. The van der Waals surface area contributed by atoms with Crippen LogP contribution < -0.4 is 14.8 Å². The Morgan fingerprint density at radius 1 is 1.23 bits per heavy atom. The van der Waals surface area contributed by atoms with Gasteiger partial charge in [0.05, 0.1) is 7.11 Å². The summed E-state index contributed by atoms with van der Waals surface area (Å²) < 4.78 is 33.8. The fourth-order valence-corrected chi connectivity index (χ4v) is 2.36. The predicted octanol–water partition coefficient (Wildman–Crippen LogP) is 2.90. The first-order valence-corrected chi connectivity index (χ1v) is 7.96. The van der Waals surface area contributed by atoms with Crippen molar-refractivity contribution in [2.45, 2.75) is 19.7 Å². The average Bonchev–Trinajstić information content (AvgIpc) is 2.63. The number of methoxy groups -OCH3 is 1. The number of benzene rings is 1. The van der Waals surface area contributed by atoms with Gasteiger partial charge in [0.15, 0.2) is 5.96 Å². The van der Waals surface area contributed by atoms with Gasteiger partial charge in [-0.3, -0.25) is 4.99 Å². The molecule has 6 nitrogen and oxygen atoms in total. The standard InChI is InChI=1S/C18H22F2N4O2/c1-21-18(23-11-14-8-9-22-16(10-14)25-3)24(2)12-13-4-6-15(7-5-13)26-17(19)20/h4-10,17H,11-12H2,1-3H3,(H,21,23). The molecule has 0 saturated heterocycles. The van der Waals surface area contributed by atoms with Gasteiger partial charge in [-0.2, -0.15) is 8.78 Å². The van der Waals surface area contributed by atoms with Crippen molar-refractivity contribution in [2.24, 2.45) is 4.99 Å². The number of nitrogens with zero attached hydrogens (tertiary/aromatic N) is 3. The van der Waals surface area contributed by atoms with Gasteiger partial charge in [-0.05, 0) is 29.3 Å². The Hall–Kier alpha value is -2.90. The maximum absolute atomic E-state index is 12.2. The molecule has 0 fully saturated rings. The molecule has 0 bridgehead atoms. The maximum atomic E-state index is 12.2. The van der Waals surface area contributed by atoms with Crippen molar-refractivity contribution in [1.82, 2.24) is 15.2 Å². The number of guanidine groups is 1. The van der Waals surface area contributed by atoms with Gasteiger partial charge < -0.3 is 19.7 Å². The van der Waals surface area contributed by atoms with E-state index in [1.165, 1.54) is 12.1 Å². The van der Waals surface area contributed by atoms with Crippen molar-refractivity contribution in [1.29, 1.82) is 0 Å². The lowest BCUT2D eigenvalue weighted by atomic mass is 10.2. The van der Waals surface area contributed by atoms with Crippen LogP contribution in [0.4, 0.5) is 8.78 Å². The number of ether oxygens (including phenoxy) is 2. The van der Waals surface area contributed by atoms with E-state index in [4.69, 9.17) is 4.74 Å². The number of hydrogen-bond donors (Lipinski definition) is 1. The number of rotatable bonds is 7. The first-order chi connectivity index (χ1) is 12.5. The van der Waals surface area contributed by atoms with E-state index in [-0.39, 0.29) is 5.75 Å². The molecule has 0 amide bonds. The molecule has 0 spiro atoms. The first-order valence-electron chi connectivity index (χ1n) is 7.96. The molecular weight excluding hydrogens is 342 g/mol. The zero-order valence-corrected chi connectivity index (χ0v) is 14.9. The van der Waals surface area contributed by atoms with Crippen molar-refractivity contribution < 1.29 is 18.3 Å². The Morgan fingerprint density at radius 3 is 2.58 bits per heavy atom. The molecule has 0 saturated carbocycles. The lowest BCUT2D eigenvalue weighted by Gasteiger charge is -2.22. The Labute approximate surface area is 151 Å². The molecule has 140 valence electrons. The zero-order chi connectivity index (χ0) is 18.9. The van der Waals surface area contributed by atoms with Crippen LogP contribution in [-0.2, 0) is 13.1 Å². The number of aliphatic imine (C=N–C) groups is 1. The van der Waals surface area contributed by atoms with Crippen molar-refractivity contribution in [3.8, 4) is 11.6 Å². The van der Waals surface area contributed by atoms with E-state index < -0.39 is 6.61 Å². The Balaban J connectivity index is 1.92. The third-order valence-electron chi connectivity index (χ3n) is 3.60. The fraction of sp³-hybridized carbons (Fsp3) is 0.333. The molecule has 0 radical (unpaired) electrons. The van der Waals surface area contributed by atoms with Crippen LogP contribution in [0, 0.1) is 0 Å². The minimum absolute atomic E-state index is 0.139. The van der Waals surface area contributed by atoms with E-state index in [1.807, 2.05) is 24.1 Å². The topological polar surface area (TPSA) is 59.0 Å². The first kappa shape index (κ1) is 19.4. The van der Waals surface area contributed by atoms with Crippen LogP contribution in [0.3, 0.4) is 0 Å². The Kier molecular flexibility index (Phi) is 7.13. The van der Waals surface area contributed by atoms with Gasteiger partial charge in [0.1, 0.15) is 5.75 Å². The summed E-state index contributed by atoms with van der Waals surface area (Å²) in [5, 5.41) is 3.26. The summed E-state index contributed by atoms with van der Waals surface area (Å²) in [5.41, 5.74) is 1.96. The van der Waals surface area contributed by atoms with Crippen LogP contribution in [0.1, 0.15) is 11.1 Å². The van der Waals surface area contributed by atoms with Gasteiger partial charge >= 0.3 is 6.61 Å². The molecule has 0 aliphatic heterocycles. The van der Waals surface area contributed by atoms with Crippen LogP contribution >= 0.6 is 0 Å². The lowest BCUT2D eigenvalue weighted by Crippen LogP contribution is -2.38. The third-order valence-corrected chi connectivity index (χ3v) is 3.60. The molecule has 26 heavy (non-hydrogen) atoms. The molecule has 2 aromatic rings. The summed E-state index contributed by atoms with van der Waals surface area (Å²) in [7, 11) is 5.17. The number of nitrogens with one attached hydrogen (secondary N) is 1. The summed E-state index contributed by atoms with van der Waals surface area (Å²) in [6.07, 6.45) is 1.69. The van der Waals surface area contributed by atoms with Crippen LogP contribution in [-0.4, -0.2) is 43.7 Å². The Bertz CT molecular complexity index is 723. The quantitative estimate of drug-likeness (QED) is 0.605. The highest BCUT2D eigenvalue weighted by Crippen LogP contribution is 2.16. The monoisotopic (exact) mass is 364 g/mol. The molecule has 0 aliphatic carbocycles. The zero-order valence-electron chi connectivity index (χ0n) is 14.9. The molecule has 0 aliphatic rings. The van der Waals surface area contributed by atoms with Crippen LogP contribution in [0.15, 0.2) is 47.6 Å². The highest BCUT2D eigenvalue weighted by atomic mass is 19.3. The summed E-state index contributed by atoms with van der Waals surface area (Å²) in [5.74, 6) is 1.40. The summed E-state index contributed by atoms with van der Waals surface area (Å²) in [6, 6.07) is 10.3. The number of halogens is 2. The molecule has 8 heteroatoms. The van der Waals surface area contributed by atoms with Gasteiger partial charge in [-0.1, -0.05) is 12.1 Å². The highest BCUT2D eigenvalue weighted by molar-refractivity contribution is 5.79. The van der Waals surface area contributed by atoms with Gasteiger partial charge in [-0.25, -0.2) is 4.98 Å². The minimum atomic E-state index is -2.82. The van der Waals surface area contributed by atoms with Gasteiger partial charge in [0, 0.05) is 39.4 Å². The van der Waals surface area contributed by atoms with Crippen molar-refractivity contribution in [3.05, 3.63) is 53.7 Å². The van der Waals surface area contributed by atoms with E-state index >= 15 is 0 Å². The number of aromatic nitrogens is 1. The van der Waals surface area contributed by atoms with Gasteiger partial charge in [-0.15, -0.1) is 0 Å². The second kappa shape index (κ2) is 9.55. The number of hydrogen-bond acceptors (Lipinski definition) is 4. The van der Waals surface area contributed by atoms with Crippen molar-refractivity contribution >= 4 is 5.96 Å². The molecule has 1 aromatic heterocycles. The van der Waals surface area contributed by atoms with E-state index in [1.54, 1.807) is 32.5 Å². The van der Waals surface area contributed by atoms with Crippen LogP contribution in [0.25, 0.3) is 0 Å². The van der Waals surface area contributed by atoms with E-state index in [2.05, 4.69) is 20.0 Å². The van der Waals surface area contributed by atoms with Gasteiger partial charge in [0.2, 0.25) is 5.88 Å². The maximum Gasteiger partial charge on any atom is 0.387 e. The van der Waals surface area contributed by atoms with E-state index in [0.717, 1.165) is 11.1 Å². The number of alkyl halides is 2. The lowest BCUT2D eigenvalue weighted by molar-refractivity contribution is -0.0498. The second-order valence-electron chi connectivity index (χ2n) is 5.49. The summed E-state index contributed by atoms with van der Waals surface area (Å²) in [4.78, 5) is 10.3. The second-order valence-corrected chi connectivity index (χ2v) is 5.49. The highest BCUT2D eigenvalue weighted by Gasteiger charge is 2.08. The largest absolute Gasteiger partial charge is 0.481 e. The van der Waals surface area contributed by atoms with Crippen LogP contribution in [0.5, 0.6) is 11.6 Å². The average molecular weight is 364 g/mol. The summed E-state index contributed by atoms with van der Waals surface area (Å²) in [6.45, 7) is -1.69. The smallest absolute Gasteiger partial charge is 0.387 e. The molecule has 1 N–H and O–H groups in total. The van der Waals surface area contributed by atoms with E-state index in [9.17, 15) is 8.78 Å². The molecule has 1 aromatic carbocycles. The molecule has 0 unspecified atom stereocenters. The number of pyridine rings is 1. The third kappa shape index (κ3) is 5.87. The van der Waals surface area contributed by atoms with E-state index in [0.29, 0.717) is 24.9 Å². The minimum Gasteiger partial charge on any atom is -0.481 e. The molecule has 0 atom stereocenters. The van der Waals surface area contributed by atoms with Crippen LogP contribution in [0.2, 0.25) is 0 Å². The summed E-state index contributed by atoms with van der Waals surface area (Å²) >= 11 is 0. The van der Waals surface area contributed by atoms with Gasteiger partial charge in [0.25, 0.3) is 0 Å². The van der Waals surface area contributed by atoms with Crippen molar-refractivity contribution in [3.63, 3.8) is 0 Å². The predicted molar refractivity (Wildman–Crippen MR) is 95.5 cm³/mol.